The molecule has 0 spiro atoms. The molecular formula is C15H22N2O. The summed E-state index contributed by atoms with van der Waals surface area (Å²) in [6, 6.07) is 10.2. The van der Waals surface area contributed by atoms with Crippen LogP contribution in [0.5, 0.6) is 0 Å². The summed E-state index contributed by atoms with van der Waals surface area (Å²) < 4.78 is 0. The molecule has 0 aliphatic heterocycles. The van der Waals surface area contributed by atoms with E-state index in [4.69, 9.17) is 5.73 Å². The molecule has 0 bridgehead atoms. The predicted octanol–water partition coefficient (Wildman–Crippen LogP) is 2.16. The summed E-state index contributed by atoms with van der Waals surface area (Å²) >= 11 is 0. The third kappa shape index (κ3) is 3.10. The van der Waals surface area contributed by atoms with Crippen molar-refractivity contribution in [2.45, 2.75) is 45.3 Å². The highest BCUT2D eigenvalue weighted by molar-refractivity contribution is 5.82. The molecule has 1 saturated carbocycles. The first-order valence-electron chi connectivity index (χ1n) is 6.69. The van der Waals surface area contributed by atoms with Crippen LogP contribution in [0.25, 0.3) is 0 Å². The second-order valence-corrected chi connectivity index (χ2v) is 5.45. The molecule has 1 aliphatic rings. The van der Waals surface area contributed by atoms with E-state index in [1.54, 1.807) is 0 Å². The molecule has 1 aromatic rings. The molecule has 3 nitrogen and oxygen atoms in total. The Kier molecular flexibility index (Phi) is 4.02. The van der Waals surface area contributed by atoms with E-state index in [1.165, 1.54) is 5.56 Å². The van der Waals surface area contributed by atoms with Gasteiger partial charge in [0.1, 0.15) is 0 Å². The van der Waals surface area contributed by atoms with Gasteiger partial charge >= 0.3 is 0 Å². The molecule has 1 atom stereocenters. The zero-order chi connectivity index (χ0) is 13.1. The maximum Gasteiger partial charge on any atom is 0.240 e. The number of hydrogen-bond acceptors (Lipinski definition) is 2. The average molecular weight is 246 g/mol. The van der Waals surface area contributed by atoms with E-state index < -0.39 is 0 Å². The Bertz CT molecular complexity index is 398. The molecule has 1 amide bonds. The average Bonchev–Trinajstić information content (AvgIpc) is 3.19. The largest absolute Gasteiger partial charge is 0.334 e. The van der Waals surface area contributed by atoms with Crippen LogP contribution in [-0.4, -0.2) is 22.9 Å². The summed E-state index contributed by atoms with van der Waals surface area (Å²) in [6.45, 7) is 4.68. The van der Waals surface area contributed by atoms with Gasteiger partial charge in [-0.2, -0.15) is 0 Å². The van der Waals surface area contributed by atoms with E-state index in [-0.39, 0.29) is 17.9 Å². The number of hydrogen-bond donors (Lipinski definition) is 1. The smallest absolute Gasteiger partial charge is 0.240 e. The van der Waals surface area contributed by atoms with Crippen molar-refractivity contribution in [3.8, 4) is 0 Å². The van der Waals surface area contributed by atoms with Gasteiger partial charge in [-0.1, -0.05) is 44.2 Å². The first-order chi connectivity index (χ1) is 8.59. The van der Waals surface area contributed by atoms with Gasteiger partial charge in [-0.15, -0.1) is 0 Å². The minimum atomic E-state index is -0.380. The van der Waals surface area contributed by atoms with E-state index in [0.29, 0.717) is 12.6 Å². The highest BCUT2D eigenvalue weighted by atomic mass is 16.2. The molecule has 0 unspecified atom stereocenters. The van der Waals surface area contributed by atoms with E-state index in [0.717, 1.165) is 12.8 Å². The standard InChI is InChI=1S/C15H22N2O/c1-11(2)14(16)15(18)17(13-8-9-13)10-12-6-4-3-5-7-12/h3-7,11,13-14H,8-10,16H2,1-2H3/t14-/m0/s1. The van der Waals surface area contributed by atoms with Crippen LogP contribution in [-0.2, 0) is 11.3 Å². The van der Waals surface area contributed by atoms with Gasteiger partial charge < -0.3 is 10.6 Å². The summed E-state index contributed by atoms with van der Waals surface area (Å²) in [5.41, 5.74) is 7.16. The zero-order valence-corrected chi connectivity index (χ0v) is 11.2. The third-order valence-corrected chi connectivity index (χ3v) is 3.47. The predicted molar refractivity (Wildman–Crippen MR) is 72.8 cm³/mol. The van der Waals surface area contributed by atoms with Gasteiger partial charge in [0.2, 0.25) is 5.91 Å². The Morgan fingerprint density at radius 2 is 1.94 bits per heavy atom. The van der Waals surface area contributed by atoms with Crippen molar-refractivity contribution in [2.24, 2.45) is 11.7 Å². The van der Waals surface area contributed by atoms with Crippen LogP contribution in [0.2, 0.25) is 0 Å². The van der Waals surface area contributed by atoms with E-state index in [2.05, 4.69) is 12.1 Å². The maximum atomic E-state index is 12.4. The van der Waals surface area contributed by atoms with Gasteiger partial charge in [0.15, 0.2) is 0 Å². The van der Waals surface area contributed by atoms with Crippen LogP contribution in [0.15, 0.2) is 30.3 Å². The van der Waals surface area contributed by atoms with Crippen molar-refractivity contribution >= 4 is 5.91 Å². The highest BCUT2D eigenvalue weighted by Crippen LogP contribution is 2.29. The molecule has 2 N–H and O–H groups in total. The van der Waals surface area contributed by atoms with E-state index in [9.17, 15) is 4.79 Å². The maximum absolute atomic E-state index is 12.4. The molecule has 18 heavy (non-hydrogen) atoms. The quantitative estimate of drug-likeness (QED) is 0.865. The van der Waals surface area contributed by atoms with E-state index >= 15 is 0 Å². The molecule has 0 heterocycles. The molecule has 1 aliphatic carbocycles. The van der Waals surface area contributed by atoms with Crippen LogP contribution >= 0.6 is 0 Å². The first kappa shape index (κ1) is 13.1. The van der Waals surface area contributed by atoms with Crippen LogP contribution in [0.3, 0.4) is 0 Å². The van der Waals surface area contributed by atoms with Crippen LogP contribution in [0, 0.1) is 5.92 Å². The molecule has 1 fully saturated rings. The molecule has 2 rings (SSSR count). The first-order valence-corrected chi connectivity index (χ1v) is 6.69. The lowest BCUT2D eigenvalue weighted by Gasteiger charge is -2.27. The number of carbonyl (C=O) groups is 1. The number of rotatable bonds is 5. The van der Waals surface area contributed by atoms with Gasteiger partial charge in [-0.25, -0.2) is 0 Å². The monoisotopic (exact) mass is 246 g/mol. The second-order valence-electron chi connectivity index (χ2n) is 5.45. The Morgan fingerprint density at radius 1 is 1.33 bits per heavy atom. The Morgan fingerprint density at radius 3 is 2.44 bits per heavy atom. The van der Waals surface area contributed by atoms with Gasteiger partial charge in [0.25, 0.3) is 0 Å². The molecule has 1 aromatic carbocycles. The number of benzene rings is 1. The third-order valence-electron chi connectivity index (χ3n) is 3.47. The number of carbonyl (C=O) groups excluding carboxylic acids is 1. The van der Waals surface area contributed by atoms with Crippen LogP contribution in [0.1, 0.15) is 32.3 Å². The number of nitrogens with zero attached hydrogens (tertiary/aromatic N) is 1. The lowest BCUT2D eigenvalue weighted by atomic mass is 10.0. The molecule has 0 radical (unpaired) electrons. The summed E-state index contributed by atoms with van der Waals surface area (Å²) in [7, 11) is 0. The SMILES string of the molecule is CC(C)[C@H](N)C(=O)N(Cc1ccccc1)C1CC1. The fourth-order valence-corrected chi connectivity index (χ4v) is 2.03. The van der Waals surface area contributed by atoms with Crippen LogP contribution < -0.4 is 5.73 Å². The lowest BCUT2D eigenvalue weighted by molar-refractivity contribution is -0.134. The molecule has 98 valence electrons. The van der Waals surface area contributed by atoms with Crippen molar-refractivity contribution in [1.82, 2.24) is 4.90 Å². The van der Waals surface area contributed by atoms with E-state index in [1.807, 2.05) is 36.9 Å². The molecule has 3 heteroatoms. The molecule has 0 saturated heterocycles. The summed E-state index contributed by atoms with van der Waals surface area (Å²) in [5, 5.41) is 0. The summed E-state index contributed by atoms with van der Waals surface area (Å²) in [4.78, 5) is 14.3. The van der Waals surface area contributed by atoms with Gasteiger partial charge in [0.05, 0.1) is 6.04 Å². The Hall–Kier alpha value is -1.35. The van der Waals surface area contributed by atoms with Crippen molar-refractivity contribution in [1.29, 1.82) is 0 Å². The Labute approximate surface area is 109 Å². The number of nitrogens with two attached hydrogens (primary N) is 1. The topological polar surface area (TPSA) is 46.3 Å². The van der Waals surface area contributed by atoms with Gasteiger partial charge in [-0.3, -0.25) is 4.79 Å². The van der Waals surface area contributed by atoms with Crippen LogP contribution in [0.4, 0.5) is 0 Å². The van der Waals surface area contributed by atoms with Crippen molar-refractivity contribution in [3.63, 3.8) is 0 Å². The molecule has 0 aromatic heterocycles. The van der Waals surface area contributed by atoms with Crippen molar-refractivity contribution in [2.75, 3.05) is 0 Å². The van der Waals surface area contributed by atoms with Crippen molar-refractivity contribution < 1.29 is 4.79 Å². The zero-order valence-electron chi connectivity index (χ0n) is 11.2. The minimum absolute atomic E-state index is 0.0938. The van der Waals surface area contributed by atoms with Crippen molar-refractivity contribution in [3.05, 3.63) is 35.9 Å². The second kappa shape index (κ2) is 5.53. The Balaban J connectivity index is 2.07. The molecular weight excluding hydrogens is 224 g/mol. The lowest BCUT2D eigenvalue weighted by Crippen LogP contribution is -2.47. The normalized spacial score (nSPS) is 16.7. The fourth-order valence-electron chi connectivity index (χ4n) is 2.03. The minimum Gasteiger partial charge on any atom is -0.334 e. The number of amides is 1. The van der Waals surface area contributed by atoms with Gasteiger partial charge in [-0.05, 0) is 24.3 Å². The highest BCUT2D eigenvalue weighted by Gasteiger charge is 2.35. The van der Waals surface area contributed by atoms with Gasteiger partial charge in [0, 0.05) is 12.6 Å². The summed E-state index contributed by atoms with van der Waals surface area (Å²) in [5.74, 6) is 0.283. The fraction of sp³-hybridized carbons (Fsp3) is 0.533. The summed E-state index contributed by atoms with van der Waals surface area (Å²) in [6.07, 6.45) is 2.23.